The number of Topliss-reactive ketones (excluding diaryl/α,β-unsaturated/α-hetero) is 1. The summed E-state index contributed by atoms with van der Waals surface area (Å²) in [5, 5.41) is 9.82. The molecule has 0 aliphatic carbocycles. The highest BCUT2D eigenvalue weighted by molar-refractivity contribution is 6.03. The number of aromatic hydroxyl groups is 1. The first-order chi connectivity index (χ1) is 7.00. The summed E-state index contributed by atoms with van der Waals surface area (Å²) in [6.45, 7) is 5.53. The number of phenolic OH excluding ortho intramolecular Hbond substituents is 1. The van der Waals surface area contributed by atoms with Crippen LogP contribution in [0.2, 0.25) is 0 Å². The van der Waals surface area contributed by atoms with Crippen LogP contribution in [0.1, 0.15) is 34.8 Å². The average Bonchev–Trinajstić information content (AvgIpc) is 2.13. The maximum Gasteiger partial charge on any atom is 0.174 e. The van der Waals surface area contributed by atoms with Gasteiger partial charge in [0, 0.05) is 6.42 Å². The molecule has 1 heterocycles. The first-order valence-corrected chi connectivity index (χ1v) is 5.03. The Balaban J connectivity index is 2.69. The first kappa shape index (κ1) is 10.0. The molecule has 0 spiro atoms. The molecule has 0 radical (unpaired) electrons. The molecule has 0 fully saturated rings. The van der Waals surface area contributed by atoms with Gasteiger partial charge in [0.25, 0.3) is 0 Å². The second-order valence-corrected chi connectivity index (χ2v) is 4.12. The standard InChI is InChI=1S/C12H14O3/c1-6-4-7(2)12-10(11(6)14)9(13)5-8(3)15-12/h4,8,14H,5H2,1-3H3. The van der Waals surface area contributed by atoms with E-state index < -0.39 is 0 Å². The van der Waals surface area contributed by atoms with E-state index in [1.807, 2.05) is 19.9 Å². The summed E-state index contributed by atoms with van der Waals surface area (Å²) in [6, 6.07) is 1.83. The molecule has 3 heteroatoms. The van der Waals surface area contributed by atoms with Crippen molar-refractivity contribution < 1.29 is 14.6 Å². The summed E-state index contributed by atoms with van der Waals surface area (Å²) >= 11 is 0. The number of phenols is 1. The van der Waals surface area contributed by atoms with E-state index in [4.69, 9.17) is 4.74 Å². The fraction of sp³-hybridized carbons (Fsp3) is 0.417. The minimum Gasteiger partial charge on any atom is -0.507 e. The number of rotatable bonds is 0. The monoisotopic (exact) mass is 206 g/mol. The lowest BCUT2D eigenvalue weighted by atomic mass is 9.95. The highest BCUT2D eigenvalue weighted by atomic mass is 16.5. The number of ketones is 1. The Hall–Kier alpha value is -1.51. The Morgan fingerprint density at radius 2 is 2.07 bits per heavy atom. The van der Waals surface area contributed by atoms with Gasteiger partial charge >= 0.3 is 0 Å². The maximum atomic E-state index is 11.8. The number of ether oxygens (including phenoxy) is 1. The van der Waals surface area contributed by atoms with Gasteiger partial charge in [-0.05, 0) is 38.0 Å². The van der Waals surface area contributed by atoms with E-state index in [9.17, 15) is 9.90 Å². The van der Waals surface area contributed by atoms with Gasteiger partial charge in [0.2, 0.25) is 0 Å². The Kier molecular flexibility index (Phi) is 2.18. The van der Waals surface area contributed by atoms with Gasteiger partial charge in [-0.3, -0.25) is 4.79 Å². The van der Waals surface area contributed by atoms with Crippen molar-refractivity contribution in [1.82, 2.24) is 0 Å². The van der Waals surface area contributed by atoms with Crippen LogP contribution in [-0.2, 0) is 0 Å². The molecule has 0 bridgehead atoms. The molecule has 15 heavy (non-hydrogen) atoms. The van der Waals surface area contributed by atoms with E-state index in [0.29, 0.717) is 17.7 Å². The van der Waals surface area contributed by atoms with Crippen molar-refractivity contribution in [3.05, 3.63) is 22.8 Å². The summed E-state index contributed by atoms with van der Waals surface area (Å²) in [5.74, 6) is 0.572. The number of aryl methyl sites for hydroxylation is 2. The van der Waals surface area contributed by atoms with Crippen LogP contribution >= 0.6 is 0 Å². The summed E-state index contributed by atoms with van der Waals surface area (Å²) in [4.78, 5) is 11.8. The average molecular weight is 206 g/mol. The van der Waals surface area contributed by atoms with Crippen molar-refractivity contribution in [3.63, 3.8) is 0 Å². The Bertz CT molecular complexity index is 435. The molecule has 80 valence electrons. The van der Waals surface area contributed by atoms with Crippen molar-refractivity contribution in [2.75, 3.05) is 0 Å². The molecule has 1 unspecified atom stereocenters. The third-order valence-electron chi connectivity index (χ3n) is 2.70. The van der Waals surface area contributed by atoms with Crippen molar-refractivity contribution in [1.29, 1.82) is 0 Å². The minimum atomic E-state index is -0.106. The van der Waals surface area contributed by atoms with Crippen LogP contribution in [0.15, 0.2) is 6.07 Å². The van der Waals surface area contributed by atoms with Crippen LogP contribution in [0.5, 0.6) is 11.5 Å². The van der Waals surface area contributed by atoms with E-state index in [1.165, 1.54) is 0 Å². The number of fused-ring (bicyclic) bond motifs is 1. The van der Waals surface area contributed by atoms with Gasteiger partial charge in [-0.25, -0.2) is 0 Å². The number of hydrogen-bond acceptors (Lipinski definition) is 3. The molecule has 0 saturated heterocycles. The second kappa shape index (κ2) is 3.26. The fourth-order valence-electron chi connectivity index (χ4n) is 1.98. The van der Waals surface area contributed by atoms with Crippen LogP contribution in [-0.4, -0.2) is 17.0 Å². The summed E-state index contributed by atoms with van der Waals surface area (Å²) in [7, 11) is 0. The van der Waals surface area contributed by atoms with Crippen molar-refractivity contribution in [2.45, 2.75) is 33.3 Å². The van der Waals surface area contributed by atoms with Crippen LogP contribution in [0, 0.1) is 13.8 Å². The van der Waals surface area contributed by atoms with Gasteiger partial charge < -0.3 is 9.84 Å². The largest absolute Gasteiger partial charge is 0.507 e. The van der Waals surface area contributed by atoms with Crippen molar-refractivity contribution in [2.24, 2.45) is 0 Å². The molecule has 1 aromatic carbocycles. The van der Waals surface area contributed by atoms with Crippen molar-refractivity contribution >= 4 is 5.78 Å². The smallest absolute Gasteiger partial charge is 0.174 e. The molecule has 3 nitrogen and oxygen atoms in total. The fourth-order valence-corrected chi connectivity index (χ4v) is 1.98. The highest BCUT2D eigenvalue weighted by Crippen LogP contribution is 2.38. The topological polar surface area (TPSA) is 46.5 Å². The zero-order chi connectivity index (χ0) is 11.2. The molecule has 1 atom stereocenters. The molecule has 1 aliphatic rings. The summed E-state index contributed by atoms with van der Waals surface area (Å²) in [5.41, 5.74) is 1.98. The minimum absolute atomic E-state index is 0.0342. The van der Waals surface area contributed by atoms with E-state index in [-0.39, 0.29) is 17.6 Å². The summed E-state index contributed by atoms with van der Waals surface area (Å²) in [6.07, 6.45) is 0.231. The maximum absolute atomic E-state index is 11.8. The van der Waals surface area contributed by atoms with Gasteiger partial charge in [0.15, 0.2) is 5.78 Å². The number of carbonyl (C=O) groups is 1. The van der Waals surface area contributed by atoms with Crippen LogP contribution in [0.25, 0.3) is 0 Å². The van der Waals surface area contributed by atoms with Gasteiger partial charge in [-0.2, -0.15) is 0 Å². The SMILES string of the molecule is Cc1cc(C)c2c(c1O)C(=O)CC(C)O2. The molecular formula is C12H14O3. The molecule has 1 aliphatic heterocycles. The lowest BCUT2D eigenvalue weighted by Gasteiger charge is -2.25. The predicted octanol–water partition coefficient (Wildman–Crippen LogP) is 2.36. The lowest BCUT2D eigenvalue weighted by molar-refractivity contribution is 0.0865. The zero-order valence-electron chi connectivity index (χ0n) is 9.13. The normalized spacial score (nSPS) is 19.7. The zero-order valence-corrected chi connectivity index (χ0v) is 9.13. The van der Waals surface area contributed by atoms with E-state index in [2.05, 4.69) is 0 Å². The predicted molar refractivity (Wildman–Crippen MR) is 56.6 cm³/mol. The number of hydrogen-bond donors (Lipinski definition) is 1. The Morgan fingerprint density at radius 3 is 2.73 bits per heavy atom. The van der Waals surface area contributed by atoms with Crippen LogP contribution in [0.4, 0.5) is 0 Å². The number of benzene rings is 1. The van der Waals surface area contributed by atoms with E-state index >= 15 is 0 Å². The number of carbonyl (C=O) groups excluding carboxylic acids is 1. The molecular weight excluding hydrogens is 192 g/mol. The van der Waals surface area contributed by atoms with E-state index in [1.54, 1.807) is 6.92 Å². The first-order valence-electron chi connectivity index (χ1n) is 5.03. The third-order valence-corrected chi connectivity index (χ3v) is 2.70. The molecule has 0 saturated carbocycles. The second-order valence-electron chi connectivity index (χ2n) is 4.12. The molecule has 0 amide bonds. The lowest BCUT2D eigenvalue weighted by Crippen LogP contribution is -2.24. The van der Waals surface area contributed by atoms with Gasteiger partial charge in [-0.1, -0.05) is 0 Å². The van der Waals surface area contributed by atoms with Crippen LogP contribution in [0.3, 0.4) is 0 Å². The van der Waals surface area contributed by atoms with E-state index in [0.717, 1.165) is 11.1 Å². The van der Waals surface area contributed by atoms with Crippen molar-refractivity contribution in [3.8, 4) is 11.5 Å². The van der Waals surface area contributed by atoms with Gasteiger partial charge in [0.05, 0.1) is 0 Å². The Labute approximate surface area is 88.7 Å². The quantitative estimate of drug-likeness (QED) is 0.708. The van der Waals surface area contributed by atoms with Gasteiger partial charge in [0.1, 0.15) is 23.2 Å². The highest BCUT2D eigenvalue weighted by Gasteiger charge is 2.28. The molecule has 1 aromatic rings. The van der Waals surface area contributed by atoms with Crippen LogP contribution < -0.4 is 4.74 Å². The molecule has 2 rings (SSSR count). The molecule has 0 aromatic heterocycles. The molecule has 1 N–H and O–H groups in total. The third kappa shape index (κ3) is 1.48. The Morgan fingerprint density at radius 1 is 1.40 bits per heavy atom. The van der Waals surface area contributed by atoms with Gasteiger partial charge in [-0.15, -0.1) is 0 Å². The summed E-state index contributed by atoms with van der Waals surface area (Å²) < 4.78 is 5.59.